The summed E-state index contributed by atoms with van der Waals surface area (Å²) >= 11 is 3.40. The average molecular weight is 425 g/mol. The minimum atomic E-state index is -0.506. The second-order valence-corrected chi connectivity index (χ2v) is 6.65. The Morgan fingerprint density at radius 2 is 1.67 bits per heavy atom. The van der Waals surface area contributed by atoms with Gasteiger partial charge in [0.2, 0.25) is 0 Å². The molecule has 3 aromatic rings. The number of nitrogens with zero attached hydrogens (tertiary/aromatic N) is 1. The van der Waals surface area contributed by atoms with Gasteiger partial charge in [0.1, 0.15) is 5.75 Å². The summed E-state index contributed by atoms with van der Waals surface area (Å²) in [5.41, 5.74) is 7.54. The van der Waals surface area contributed by atoms with Gasteiger partial charge in [-0.3, -0.25) is 14.6 Å². The van der Waals surface area contributed by atoms with Crippen LogP contribution in [0.3, 0.4) is 0 Å². The Kier molecular flexibility index (Phi) is 5.98. The van der Waals surface area contributed by atoms with E-state index in [2.05, 4.69) is 20.9 Å². The first-order chi connectivity index (χ1) is 13.1. The normalized spacial score (nSPS) is 10.4. The minimum absolute atomic E-state index is 0.0615. The molecule has 0 spiro atoms. The topological polar surface area (TPSA) is 82.3 Å². The first-order valence-corrected chi connectivity index (χ1v) is 9.11. The highest BCUT2D eigenvalue weighted by atomic mass is 79.9. The monoisotopic (exact) mass is 424 g/mol. The Morgan fingerprint density at radius 3 is 2.37 bits per heavy atom. The molecule has 0 aliphatic rings. The van der Waals surface area contributed by atoms with Gasteiger partial charge in [0.05, 0.1) is 17.9 Å². The van der Waals surface area contributed by atoms with Crippen molar-refractivity contribution in [3.63, 3.8) is 0 Å². The van der Waals surface area contributed by atoms with E-state index in [9.17, 15) is 9.59 Å². The van der Waals surface area contributed by atoms with Crippen LogP contribution in [0.1, 0.15) is 32.0 Å². The molecule has 1 heterocycles. The molecule has 1 amide bonds. The van der Waals surface area contributed by atoms with Crippen molar-refractivity contribution in [3.05, 3.63) is 93.7 Å². The minimum Gasteiger partial charge on any atom is -0.493 e. The highest BCUT2D eigenvalue weighted by Gasteiger charge is 2.12. The highest BCUT2D eigenvalue weighted by molar-refractivity contribution is 9.10. The fourth-order valence-electron chi connectivity index (χ4n) is 2.63. The lowest BCUT2D eigenvalue weighted by Crippen LogP contribution is -2.16. The number of aromatic nitrogens is 1. The molecular weight excluding hydrogens is 408 g/mol. The summed E-state index contributed by atoms with van der Waals surface area (Å²) in [7, 11) is 0. The molecule has 0 radical (unpaired) electrons. The lowest BCUT2D eigenvalue weighted by atomic mass is 10.0. The van der Waals surface area contributed by atoms with Crippen molar-refractivity contribution in [2.75, 3.05) is 6.61 Å². The number of carbonyl (C=O) groups excluding carboxylic acids is 2. The van der Waals surface area contributed by atoms with E-state index in [0.29, 0.717) is 41.2 Å². The summed E-state index contributed by atoms with van der Waals surface area (Å²) in [6, 6.07) is 17.6. The zero-order chi connectivity index (χ0) is 19.2. The fraction of sp³-hybridized carbons (Fsp3) is 0.0952. The highest BCUT2D eigenvalue weighted by Crippen LogP contribution is 2.21. The molecule has 0 aliphatic carbocycles. The quantitative estimate of drug-likeness (QED) is 0.584. The molecule has 136 valence electrons. The Bertz CT molecular complexity index is 971. The van der Waals surface area contributed by atoms with E-state index in [-0.39, 0.29) is 5.78 Å². The van der Waals surface area contributed by atoms with Gasteiger partial charge in [0.15, 0.2) is 5.78 Å². The maximum absolute atomic E-state index is 12.6. The summed E-state index contributed by atoms with van der Waals surface area (Å²) in [4.78, 5) is 28.1. The Morgan fingerprint density at radius 1 is 0.963 bits per heavy atom. The van der Waals surface area contributed by atoms with Crippen LogP contribution in [0.15, 0.2) is 71.3 Å². The maximum atomic E-state index is 12.6. The summed E-state index contributed by atoms with van der Waals surface area (Å²) in [6.07, 6.45) is 2.07. The molecule has 0 saturated heterocycles. The van der Waals surface area contributed by atoms with Gasteiger partial charge in [-0.1, -0.05) is 28.1 Å². The zero-order valence-electron chi connectivity index (χ0n) is 14.4. The number of rotatable bonds is 7. The van der Waals surface area contributed by atoms with Crippen molar-refractivity contribution in [1.82, 2.24) is 4.98 Å². The first kappa shape index (κ1) is 18.8. The third-order valence-electron chi connectivity index (χ3n) is 4.00. The molecule has 2 aromatic carbocycles. The average Bonchev–Trinajstić information content (AvgIpc) is 2.68. The Balaban J connectivity index is 1.63. The van der Waals surface area contributed by atoms with Crippen LogP contribution >= 0.6 is 15.9 Å². The van der Waals surface area contributed by atoms with Crippen molar-refractivity contribution in [3.8, 4) is 5.75 Å². The third kappa shape index (κ3) is 4.60. The lowest BCUT2D eigenvalue weighted by molar-refractivity contribution is 0.0997. The Hall–Kier alpha value is -2.99. The number of amides is 1. The number of hydrogen-bond donors (Lipinski definition) is 1. The molecule has 6 heteroatoms. The molecule has 0 unspecified atom stereocenters. The second kappa shape index (κ2) is 8.60. The van der Waals surface area contributed by atoms with Gasteiger partial charge in [0.25, 0.3) is 5.91 Å². The van der Waals surface area contributed by atoms with E-state index >= 15 is 0 Å². The molecule has 0 aliphatic heterocycles. The largest absolute Gasteiger partial charge is 0.493 e. The van der Waals surface area contributed by atoms with Crippen molar-refractivity contribution < 1.29 is 14.3 Å². The van der Waals surface area contributed by atoms with Gasteiger partial charge in [0, 0.05) is 28.2 Å². The molecule has 2 N–H and O–H groups in total. The number of hydrogen-bond acceptors (Lipinski definition) is 4. The van der Waals surface area contributed by atoms with Crippen LogP contribution in [0.5, 0.6) is 5.75 Å². The molecule has 0 saturated carbocycles. The van der Waals surface area contributed by atoms with Crippen LogP contribution < -0.4 is 10.5 Å². The number of ketones is 1. The Labute approximate surface area is 165 Å². The van der Waals surface area contributed by atoms with E-state index < -0.39 is 5.91 Å². The maximum Gasteiger partial charge on any atom is 0.250 e. The van der Waals surface area contributed by atoms with Crippen LogP contribution in [0, 0.1) is 0 Å². The van der Waals surface area contributed by atoms with Crippen molar-refractivity contribution in [2.24, 2.45) is 5.73 Å². The standard InChI is InChI=1S/C21H17BrN2O3/c22-18-6-2-1-4-16(18)20(25)14-7-9-15(10-8-14)27-13-11-19-17(21(23)26)5-3-12-24-19/h1-10,12H,11,13H2,(H2,23,26). The van der Waals surface area contributed by atoms with Gasteiger partial charge < -0.3 is 10.5 Å². The predicted octanol–water partition coefficient (Wildman–Crippen LogP) is 3.80. The number of nitrogens with two attached hydrogens (primary N) is 1. The van der Waals surface area contributed by atoms with Crippen LogP contribution in [0.4, 0.5) is 0 Å². The molecule has 3 rings (SSSR count). The van der Waals surface area contributed by atoms with Gasteiger partial charge in [-0.15, -0.1) is 0 Å². The van der Waals surface area contributed by atoms with Crippen LogP contribution in [0.25, 0.3) is 0 Å². The number of ether oxygens (including phenoxy) is 1. The fourth-order valence-corrected chi connectivity index (χ4v) is 3.10. The zero-order valence-corrected chi connectivity index (χ0v) is 16.0. The van der Waals surface area contributed by atoms with Gasteiger partial charge >= 0.3 is 0 Å². The number of primary amides is 1. The number of halogens is 1. The molecule has 0 bridgehead atoms. The SMILES string of the molecule is NC(=O)c1cccnc1CCOc1ccc(C(=O)c2ccccc2Br)cc1. The van der Waals surface area contributed by atoms with Crippen molar-refractivity contribution in [1.29, 1.82) is 0 Å². The third-order valence-corrected chi connectivity index (χ3v) is 4.69. The van der Waals surface area contributed by atoms with Crippen LogP contribution in [-0.4, -0.2) is 23.3 Å². The van der Waals surface area contributed by atoms with Crippen molar-refractivity contribution in [2.45, 2.75) is 6.42 Å². The molecule has 1 aromatic heterocycles. The number of pyridine rings is 1. The van der Waals surface area contributed by atoms with Crippen LogP contribution in [0.2, 0.25) is 0 Å². The second-order valence-electron chi connectivity index (χ2n) is 5.79. The number of carbonyl (C=O) groups is 2. The summed E-state index contributed by atoms with van der Waals surface area (Å²) in [6.45, 7) is 0.342. The smallest absolute Gasteiger partial charge is 0.250 e. The predicted molar refractivity (Wildman–Crippen MR) is 106 cm³/mol. The lowest BCUT2D eigenvalue weighted by Gasteiger charge is -2.09. The first-order valence-electron chi connectivity index (χ1n) is 8.32. The van der Waals surface area contributed by atoms with E-state index in [1.165, 1.54) is 0 Å². The van der Waals surface area contributed by atoms with Gasteiger partial charge in [-0.2, -0.15) is 0 Å². The van der Waals surface area contributed by atoms with Gasteiger partial charge in [-0.25, -0.2) is 0 Å². The van der Waals surface area contributed by atoms with Crippen LogP contribution in [-0.2, 0) is 6.42 Å². The van der Waals surface area contributed by atoms with E-state index in [0.717, 1.165) is 4.47 Å². The van der Waals surface area contributed by atoms with Crippen molar-refractivity contribution >= 4 is 27.6 Å². The van der Waals surface area contributed by atoms with E-state index in [4.69, 9.17) is 10.5 Å². The molecular formula is C21H17BrN2O3. The van der Waals surface area contributed by atoms with E-state index in [1.807, 2.05) is 18.2 Å². The summed E-state index contributed by atoms with van der Waals surface area (Å²) < 4.78 is 6.46. The molecule has 5 nitrogen and oxygen atoms in total. The molecule has 0 atom stereocenters. The summed E-state index contributed by atoms with van der Waals surface area (Å²) in [5, 5.41) is 0. The summed E-state index contributed by atoms with van der Waals surface area (Å²) in [5.74, 6) is 0.0666. The van der Waals surface area contributed by atoms with E-state index in [1.54, 1.807) is 48.7 Å². The molecule has 0 fully saturated rings. The molecule has 27 heavy (non-hydrogen) atoms. The van der Waals surface area contributed by atoms with Gasteiger partial charge in [-0.05, 0) is 48.5 Å². The number of benzene rings is 2.